The van der Waals surface area contributed by atoms with E-state index in [2.05, 4.69) is 20.8 Å². The number of aliphatic hydroxyl groups excluding tert-OH is 2. The molecule has 1 aliphatic rings. The molecule has 236 valence electrons. The number of unbranched alkanes of at least 4 members (excludes halogenated alkanes) is 3. The molecular formula is C34H52O8. The predicted molar refractivity (Wildman–Crippen MR) is 163 cm³/mol. The fraction of sp³-hybridized carbons (Fsp3) is 0.647. The van der Waals surface area contributed by atoms with Crippen LogP contribution in [0.2, 0.25) is 0 Å². The van der Waals surface area contributed by atoms with E-state index in [4.69, 9.17) is 23.7 Å². The molecule has 1 aliphatic heterocycles. The second kappa shape index (κ2) is 16.7. The van der Waals surface area contributed by atoms with Gasteiger partial charge in [0, 0.05) is 25.4 Å². The molecule has 4 atom stereocenters. The summed E-state index contributed by atoms with van der Waals surface area (Å²) < 4.78 is 30.9. The molecule has 1 heterocycles. The lowest BCUT2D eigenvalue weighted by Crippen LogP contribution is -2.72. The fourth-order valence-corrected chi connectivity index (χ4v) is 5.37. The van der Waals surface area contributed by atoms with Crippen molar-refractivity contribution in [1.82, 2.24) is 0 Å². The number of methoxy groups -OCH3 is 1. The lowest BCUT2D eigenvalue weighted by molar-refractivity contribution is -0.408. The van der Waals surface area contributed by atoms with Gasteiger partial charge in [0.1, 0.15) is 29.7 Å². The van der Waals surface area contributed by atoms with Crippen molar-refractivity contribution in [3.63, 3.8) is 0 Å². The Morgan fingerprint density at radius 3 is 1.90 bits per heavy atom. The van der Waals surface area contributed by atoms with Gasteiger partial charge < -0.3 is 39.0 Å². The SMILES string of the molecule is CCCCOC1[C@@H](OCCCC)[C@H](OCCCC)C(CO)(CO)OC1(O)c1ccc(C)c(Cc2ccc(OC)cc2)c1. The molecule has 0 aliphatic carbocycles. The molecule has 1 saturated heterocycles. The first-order valence-corrected chi connectivity index (χ1v) is 15.5. The molecule has 3 N–H and O–H groups in total. The van der Waals surface area contributed by atoms with Crippen molar-refractivity contribution in [3.8, 4) is 5.75 Å². The predicted octanol–water partition coefficient (Wildman–Crippen LogP) is 5.05. The Morgan fingerprint density at radius 1 is 0.786 bits per heavy atom. The van der Waals surface area contributed by atoms with Gasteiger partial charge in [-0.05, 0) is 67.5 Å². The summed E-state index contributed by atoms with van der Waals surface area (Å²) in [5.41, 5.74) is 2.01. The maximum atomic E-state index is 12.5. The molecule has 8 heteroatoms. The Hall–Kier alpha value is -2.04. The first-order valence-electron chi connectivity index (χ1n) is 15.5. The number of aliphatic hydroxyl groups is 3. The fourth-order valence-electron chi connectivity index (χ4n) is 5.37. The zero-order valence-electron chi connectivity index (χ0n) is 26.1. The minimum atomic E-state index is -2.02. The van der Waals surface area contributed by atoms with Gasteiger partial charge in [0.05, 0.1) is 20.3 Å². The minimum Gasteiger partial charge on any atom is -0.497 e. The van der Waals surface area contributed by atoms with Crippen molar-refractivity contribution in [2.24, 2.45) is 0 Å². The van der Waals surface area contributed by atoms with Crippen molar-refractivity contribution < 1.29 is 39.0 Å². The lowest BCUT2D eigenvalue weighted by atomic mass is 9.80. The van der Waals surface area contributed by atoms with E-state index in [0.29, 0.717) is 31.8 Å². The Balaban J connectivity index is 2.10. The van der Waals surface area contributed by atoms with Crippen LogP contribution >= 0.6 is 0 Å². The molecule has 42 heavy (non-hydrogen) atoms. The van der Waals surface area contributed by atoms with E-state index in [1.807, 2.05) is 49.4 Å². The summed E-state index contributed by atoms with van der Waals surface area (Å²) in [5.74, 6) is -1.24. The molecule has 1 fully saturated rings. The van der Waals surface area contributed by atoms with Crippen molar-refractivity contribution in [3.05, 3.63) is 64.7 Å². The molecule has 2 unspecified atom stereocenters. The second-order valence-corrected chi connectivity index (χ2v) is 11.3. The van der Waals surface area contributed by atoms with Crippen LogP contribution < -0.4 is 4.74 Å². The summed E-state index contributed by atoms with van der Waals surface area (Å²) in [5, 5.41) is 33.9. The number of aryl methyl sites for hydroxylation is 1. The standard InChI is InChI=1S/C34H52O8/c1-6-9-18-39-30-31(40-19-10-7-2)33(23-35,24-36)42-34(37,32(30)41-20-11-8-3)28-15-12-25(4)27(22-28)21-26-13-16-29(38-5)17-14-26/h12-17,22,30-32,35-37H,6-11,18-21,23-24H2,1-5H3/t30-,31-,32?,34?/m0/s1. The summed E-state index contributed by atoms with van der Waals surface area (Å²) in [6.45, 7) is 8.33. The maximum Gasteiger partial charge on any atom is 0.223 e. The normalized spacial score (nSPS) is 23.7. The average molecular weight is 589 g/mol. The van der Waals surface area contributed by atoms with E-state index in [0.717, 1.165) is 61.0 Å². The number of ether oxygens (including phenoxy) is 5. The van der Waals surface area contributed by atoms with Gasteiger partial charge in [-0.15, -0.1) is 0 Å². The van der Waals surface area contributed by atoms with Crippen LogP contribution in [0, 0.1) is 6.92 Å². The number of rotatable bonds is 18. The summed E-state index contributed by atoms with van der Waals surface area (Å²) in [6, 6.07) is 13.6. The highest BCUT2D eigenvalue weighted by molar-refractivity contribution is 5.39. The molecule has 0 radical (unpaired) electrons. The van der Waals surface area contributed by atoms with E-state index in [1.165, 1.54) is 0 Å². The van der Waals surface area contributed by atoms with Crippen LogP contribution in [0.1, 0.15) is 81.5 Å². The van der Waals surface area contributed by atoms with Gasteiger partial charge in [-0.1, -0.05) is 64.3 Å². The van der Waals surface area contributed by atoms with Gasteiger partial charge in [0.25, 0.3) is 0 Å². The van der Waals surface area contributed by atoms with Crippen molar-refractivity contribution in [2.75, 3.05) is 40.1 Å². The third-order valence-electron chi connectivity index (χ3n) is 8.11. The second-order valence-electron chi connectivity index (χ2n) is 11.3. The van der Waals surface area contributed by atoms with Crippen LogP contribution in [0.25, 0.3) is 0 Å². The third kappa shape index (κ3) is 8.11. The largest absolute Gasteiger partial charge is 0.497 e. The Morgan fingerprint density at radius 2 is 1.36 bits per heavy atom. The van der Waals surface area contributed by atoms with Crippen LogP contribution in [0.4, 0.5) is 0 Å². The molecule has 3 rings (SSSR count). The van der Waals surface area contributed by atoms with E-state index in [9.17, 15) is 15.3 Å². The smallest absolute Gasteiger partial charge is 0.223 e. The summed E-state index contributed by atoms with van der Waals surface area (Å²) >= 11 is 0. The van der Waals surface area contributed by atoms with E-state index in [1.54, 1.807) is 7.11 Å². The molecule has 8 nitrogen and oxygen atoms in total. The van der Waals surface area contributed by atoms with Crippen molar-refractivity contribution in [2.45, 2.75) is 102 Å². The summed E-state index contributed by atoms with van der Waals surface area (Å²) in [4.78, 5) is 0. The molecule has 0 amide bonds. The van der Waals surface area contributed by atoms with Crippen LogP contribution in [0.5, 0.6) is 5.75 Å². The van der Waals surface area contributed by atoms with Crippen molar-refractivity contribution in [1.29, 1.82) is 0 Å². The monoisotopic (exact) mass is 588 g/mol. The van der Waals surface area contributed by atoms with Gasteiger partial charge in [0.15, 0.2) is 0 Å². The van der Waals surface area contributed by atoms with Gasteiger partial charge >= 0.3 is 0 Å². The highest BCUT2D eigenvalue weighted by Crippen LogP contribution is 2.45. The molecule has 0 aromatic heterocycles. The van der Waals surface area contributed by atoms with Gasteiger partial charge in [-0.25, -0.2) is 0 Å². The van der Waals surface area contributed by atoms with Crippen LogP contribution in [-0.2, 0) is 31.2 Å². The highest BCUT2D eigenvalue weighted by Gasteiger charge is 2.63. The van der Waals surface area contributed by atoms with E-state index >= 15 is 0 Å². The molecular weight excluding hydrogens is 536 g/mol. The van der Waals surface area contributed by atoms with Crippen LogP contribution in [0.15, 0.2) is 42.5 Å². The Kier molecular flexibility index (Phi) is 13.7. The molecule has 0 saturated carbocycles. The number of hydrogen-bond acceptors (Lipinski definition) is 8. The molecule has 2 aromatic carbocycles. The molecule has 0 spiro atoms. The lowest BCUT2D eigenvalue weighted by Gasteiger charge is -2.55. The minimum absolute atomic E-state index is 0.387. The zero-order valence-corrected chi connectivity index (χ0v) is 26.1. The molecule has 2 aromatic rings. The first-order chi connectivity index (χ1) is 20.3. The van der Waals surface area contributed by atoms with Crippen LogP contribution in [-0.4, -0.2) is 79.4 Å². The van der Waals surface area contributed by atoms with Crippen LogP contribution in [0.3, 0.4) is 0 Å². The van der Waals surface area contributed by atoms with Crippen molar-refractivity contribution >= 4 is 0 Å². The number of benzene rings is 2. The zero-order chi connectivity index (χ0) is 30.6. The number of hydrogen-bond donors (Lipinski definition) is 3. The Bertz CT molecular complexity index is 1050. The van der Waals surface area contributed by atoms with E-state index in [-0.39, 0.29) is 0 Å². The third-order valence-corrected chi connectivity index (χ3v) is 8.11. The van der Waals surface area contributed by atoms with Gasteiger partial charge in [-0.2, -0.15) is 0 Å². The summed E-state index contributed by atoms with van der Waals surface area (Å²) in [6.07, 6.45) is 3.16. The van der Waals surface area contributed by atoms with Gasteiger partial charge in [0.2, 0.25) is 5.79 Å². The quantitative estimate of drug-likeness (QED) is 0.208. The van der Waals surface area contributed by atoms with Gasteiger partial charge in [-0.3, -0.25) is 0 Å². The summed E-state index contributed by atoms with van der Waals surface area (Å²) in [7, 11) is 1.64. The topological polar surface area (TPSA) is 107 Å². The first kappa shape index (κ1) is 34.5. The highest BCUT2D eigenvalue weighted by atomic mass is 16.7. The van der Waals surface area contributed by atoms with E-state index < -0.39 is 42.9 Å². The maximum absolute atomic E-state index is 12.5. The Labute approximate surface area is 251 Å². The molecule has 0 bridgehead atoms. The average Bonchev–Trinajstić information content (AvgIpc) is 3.00.